The van der Waals surface area contributed by atoms with Crippen LogP contribution in [0.2, 0.25) is 0 Å². The molecule has 0 amide bonds. The van der Waals surface area contributed by atoms with Gasteiger partial charge in [0, 0.05) is 25.2 Å². The molecule has 0 bridgehead atoms. The molecule has 1 heterocycles. The number of nitrogens with two attached hydrogens (primary N) is 1. The Labute approximate surface area is 117 Å². The molecule has 1 aliphatic carbocycles. The highest BCUT2D eigenvalue weighted by Crippen LogP contribution is 2.42. The lowest BCUT2D eigenvalue weighted by Crippen LogP contribution is -2.48. The second-order valence-corrected chi connectivity index (χ2v) is 6.31. The molecule has 0 spiro atoms. The standard InChI is InChI=1S/C17H26N2/c1-13-5-4-7-16(11-18)19(13)12-15-6-2-3-8-17(15)14-9-10-14/h2-3,6,8,13-14,16H,4-5,7,9-12,18H2,1H3. The Kier molecular flexibility index (Phi) is 3.90. The fraction of sp³-hybridized carbons (Fsp3) is 0.647. The Hall–Kier alpha value is -0.860. The maximum atomic E-state index is 5.98. The fourth-order valence-electron chi connectivity index (χ4n) is 3.55. The maximum absolute atomic E-state index is 5.98. The lowest BCUT2D eigenvalue weighted by Gasteiger charge is -2.40. The van der Waals surface area contributed by atoms with Crippen LogP contribution in [0.5, 0.6) is 0 Å². The summed E-state index contributed by atoms with van der Waals surface area (Å²) in [7, 11) is 0. The lowest BCUT2D eigenvalue weighted by molar-refractivity contribution is 0.0889. The third-order valence-electron chi connectivity index (χ3n) is 4.89. The van der Waals surface area contributed by atoms with Gasteiger partial charge in [0.1, 0.15) is 0 Å². The van der Waals surface area contributed by atoms with Gasteiger partial charge in [0.2, 0.25) is 0 Å². The number of nitrogens with zero attached hydrogens (tertiary/aromatic N) is 1. The third-order valence-corrected chi connectivity index (χ3v) is 4.89. The zero-order chi connectivity index (χ0) is 13.2. The molecular weight excluding hydrogens is 232 g/mol. The van der Waals surface area contributed by atoms with Crippen LogP contribution >= 0.6 is 0 Å². The van der Waals surface area contributed by atoms with E-state index in [-0.39, 0.29) is 0 Å². The molecule has 2 aliphatic rings. The van der Waals surface area contributed by atoms with Gasteiger partial charge in [0.15, 0.2) is 0 Å². The smallest absolute Gasteiger partial charge is 0.0242 e. The summed E-state index contributed by atoms with van der Waals surface area (Å²) in [5.41, 5.74) is 9.11. The zero-order valence-corrected chi connectivity index (χ0v) is 12.0. The second kappa shape index (κ2) is 5.64. The van der Waals surface area contributed by atoms with Gasteiger partial charge in [0.05, 0.1) is 0 Å². The molecule has 2 N–H and O–H groups in total. The number of likely N-dealkylation sites (tertiary alicyclic amines) is 1. The van der Waals surface area contributed by atoms with Crippen LogP contribution in [0.3, 0.4) is 0 Å². The molecule has 0 aromatic heterocycles. The summed E-state index contributed by atoms with van der Waals surface area (Å²) in [4.78, 5) is 2.64. The topological polar surface area (TPSA) is 29.3 Å². The molecule has 1 aromatic rings. The van der Waals surface area contributed by atoms with Crippen molar-refractivity contribution in [3.63, 3.8) is 0 Å². The van der Waals surface area contributed by atoms with Crippen molar-refractivity contribution in [2.45, 2.75) is 63.6 Å². The average molecular weight is 258 g/mol. The van der Waals surface area contributed by atoms with Crippen molar-refractivity contribution in [2.24, 2.45) is 5.73 Å². The molecule has 2 fully saturated rings. The van der Waals surface area contributed by atoms with Crippen LogP contribution in [0.25, 0.3) is 0 Å². The molecule has 1 aliphatic heterocycles. The summed E-state index contributed by atoms with van der Waals surface area (Å²) in [5.74, 6) is 0.840. The van der Waals surface area contributed by atoms with Crippen LogP contribution in [-0.4, -0.2) is 23.5 Å². The molecular formula is C17H26N2. The van der Waals surface area contributed by atoms with E-state index < -0.39 is 0 Å². The minimum Gasteiger partial charge on any atom is -0.329 e. The Morgan fingerprint density at radius 1 is 1.16 bits per heavy atom. The Balaban J connectivity index is 1.79. The Morgan fingerprint density at radius 3 is 2.68 bits per heavy atom. The lowest BCUT2D eigenvalue weighted by atomic mass is 9.94. The van der Waals surface area contributed by atoms with Gasteiger partial charge >= 0.3 is 0 Å². The summed E-state index contributed by atoms with van der Waals surface area (Å²) >= 11 is 0. The van der Waals surface area contributed by atoms with E-state index in [2.05, 4.69) is 36.1 Å². The van der Waals surface area contributed by atoms with Gasteiger partial charge < -0.3 is 5.73 Å². The van der Waals surface area contributed by atoms with Crippen molar-refractivity contribution in [1.82, 2.24) is 4.90 Å². The largest absolute Gasteiger partial charge is 0.329 e. The van der Waals surface area contributed by atoms with Crippen molar-refractivity contribution < 1.29 is 0 Å². The fourth-order valence-corrected chi connectivity index (χ4v) is 3.55. The summed E-state index contributed by atoms with van der Waals surface area (Å²) in [6.45, 7) is 4.26. The van der Waals surface area contributed by atoms with Gasteiger partial charge in [-0.2, -0.15) is 0 Å². The van der Waals surface area contributed by atoms with Crippen LogP contribution in [0.15, 0.2) is 24.3 Å². The average Bonchev–Trinajstić information content (AvgIpc) is 3.26. The third kappa shape index (κ3) is 2.85. The van der Waals surface area contributed by atoms with Crippen molar-refractivity contribution in [3.05, 3.63) is 35.4 Å². The predicted molar refractivity (Wildman–Crippen MR) is 80.1 cm³/mol. The first-order chi connectivity index (χ1) is 9.29. The number of hydrogen-bond acceptors (Lipinski definition) is 2. The molecule has 2 unspecified atom stereocenters. The normalized spacial score (nSPS) is 28.5. The van der Waals surface area contributed by atoms with E-state index in [1.54, 1.807) is 5.56 Å². The first kappa shape index (κ1) is 13.1. The number of piperidine rings is 1. The van der Waals surface area contributed by atoms with E-state index in [9.17, 15) is 0 Å². The molecule has 1 saturated heterocycles. The number of hydrogen-bond donors (Lipinski definition) is 1. The molecule has 3 rings (SSSR count). The van der Waals surface area contributed by atoms with Crippen LogP contribution in [0.1, 0.15) is 56.1 Å². The van der Waals surface area contributed by atoms with E-state index >= 15 is 0 Å². The monoisotopic (exact) mass is 258 g/mol. The predicted octanol–water partition coefficient (Wildman–Crippen LogP) is 3.27. The van der Waals surface area contributed by atoms with Crippen molar-refractivity contribution >= 4 is 0 Å². The number of rotatable bonds is 4. The van der Waals surface area contributed by atoms with Gasteiger partial charge in [-0.3, -0.25) is 4.90 Å². The first-order valence-corrected chi connectivity index (χ1v) is 7.83. The summed E-state index contributed by atoms with van der Waals surface area (Å²) in [6, 6.07) is 10.3. The van der Waals surface area contributed by atoms with Crippen LogP contribution in [0, 0.1) is 0 Å². The highest BCUT2D eigenvalue weighted by Gasteiger charge is 2.30. The van der Waals surface area contributed by atoms with Crippen LogP contribution in [-0.2, 0) is 6.54 Å². The molecule has 1 aromatic carbocycles. The zero-order valence-electron chi connectivity index (χ0n) is 12.0. The van der Waals surface area contributed by atoms with E-state index in [0.717, 1.165) is 19.0 Å². The van der Waals surface area contributed by atoms with Gasteiger partial charge in [-0.05, 0) is 49.7 Å². The molecule has 2 atom stereocenters. The summed E-state index contributed by atoms with van der Waals surface area (Å²) in [6.07, 6.45) is 6.69. The highest BCUT2D eigenvalue weighted by molar-refractivity contribution is 5.33. The minimum absolute atomic E-state index is 0.580. The van der Waals surface area contributed by atoms with Crippen LogP contribution in [0.4, 0.5) is 0 Å². The van der Waals surface area contributed by atoms with Crippen LogP contribution < -0.4 is 5.73 Å². The SMILES string of the molecule is CC1CCCC(CN)N1Cc1ccccc1C1CC1. The van der Waals surface area contributed by atoms with Gasteiger partial charge in [-0.1, -0.05) is 30.7 Å². The number of benzene rings is 1. The maximum Gasteiger partial charge on any atom is 0.0242 e. The summed E-state index contributed by atoms with van der Waals surface area (Å²) in [5, 5.41) is 0. The van der Waals surface area contributed by atoms with E-state index in [1.165, 1.54) is 37.7 Å². The highest BCUT2D eigenvalue weighted by atomic mass is 15.2. The summed E-state index contributed by atoms with van der Waals surface area (Å²) < 4.78 is 0. The molecule has 104 valence electrons. The first-order valence-electron chi connectivity index (χ1n) is 7.83. The Morgan fingerprint density at radius 2 is 1.95 bits per heavy atom. The molecule has 0 radical (unpaired) electrons. The quantitative estimate of drug-likeness (QED) is 0.898. The van der Waals surface area contributed by atoms with E-state index in [0.29, 0.717) is 12.1 Å². The van der Waals surface area contributed by atoms with Gasteiger partial charge in [0.25, 0.3) is 0 Å². The Bertz CT molecular complexity index is 425. The van der Waals surface area contributed by atoms with Crippen molar-refractivity contribution in [1.29, 1.82) is 0 Å². The molecule has 2 nitrogen and oxygen atoms in total. The second-order valence-electron chi connectivity index (χ2n) is 6.31. The van der Waals surface area contributed by atoms with E-state index in [1.807, 2.05) is 0 Å². The molecule has 2 heteroatoms. The van der Waals surface area contributed by atoms with Crippen molar-refractivity contribution in [2.75, 3.05) is 6.54 Å². The molecule has 19 heavy (non-hydrogen) atoms. The van der Waals surface area contributed by atoms with E-state index in [4.69, 9.17) is 5.73 Å². The van der Waals surface area contributed by atoms with Gasteiger partial charge in [-0.25, -0.2) is 0 Å². The molecule has 1 saturated carbocycles. The minimum atomic E-state index is 0.580. The van der Waals surface area contributed by atoms with Crippen molar-refractivity contribution in [3.8, 4) is 0 Å². The van der Waals surface area contributed by atoms with Gasteiger partial charge in [-0.15, -0.1) is 0 Å².